The first-order chi connectivity index (χ1) is 9.39. The molecule has 0 aliphatic heterocycles. The molecule has 0 aromatic carbocycles. The molecule has 0 heterocycles. The molecule has 0 aromatic heterocycles. The first kappa shape index (κ1) is 20.7. The molecule has 1 nitrogen and oxygen atoms in total. The average molecular weight is 342 g/mol. The van der Waals surface area contributed by atoms with E-state index in [-0.39, 0.29) is 0 Å². The Labute approximate surface area is 121 Å². The van der Waals surface area contributed by atoms with Crippen molar-refractivity contribution >= 4 is 8.32 Å². The van der Waals surface area contributed by atoms with Gasteiger partial charge >= 0.3 is 18.0 Å². The molecule has 0 atom stereocenters. The quantitative estimate of drug-likeness (QED) is 0.390. The van der Waals surface area contributed by atoms with Crippen molar-refractivity contribution in [3.63, 3.8) is 0 Å². The number of rotatable bonds is 9. The van der Waals surface area contributed by atoms with E-state index in [9.17, 15) is 30.7 Å². The van der Waals surface area contributed by atoms with E-state index >= 15 is 0 Å². The first-order valence-corrected chi connectivity index (χ1v) is 9.29. The molecule has 0 saturated carbocycles. The summed E-state index contributed by atoms with van der Waals surface area (Å²) in [5.41, 5.74) is 0. The highest BCUT2D eigenvalue weighted by Crippen LogP contribution is 2.49. The van der Waals surface area contributed by atoms with E-state index in [1.165, 1.54) is 7.11 Å². The molecule has 0 spiro atoms. The van der Waals surface area contributed by atoms with Crippen LogP contribution < -0.4 is 0 Å². The Morgan fingerprint density at radius 3 is 1.52 bits per heavy atom. The zero-order valence-electron chi connectivity index (χ0n) is 12.3. The van der Waals surface area contributed by atoms with Crippen LogP contribution in [0.3, 0.4) is 0 Å². The van der Waals surface area contributed by atoms with Crippen LogP contribution in [-0.4, -0.2) is 33.4 Å². The number of alkyl halides is 7. The van der Waals surface area contributed by atoms with Crippen molar-refractivity contribution in [2.24, 2.45) is 0 Å². The van der Waals surface area contributed by atoms with Gasteiger partial charge in [-0.1, -0.05) is 26.7 Å². The van der Waals surface area contributed by atoms with Gasteiger partial charge in [0.05, 0.1) is 0 Å². The Balaban J connectivity index is 5.09. The normalized spacial score (nSPS) is 14.6. The molecular formula is C12H21F7OSi. The third-order valence-corrected chi connectivity index (χ3v) is 8.40. The summed E-state index contributed by atoms with van der Waals surface area (Å²) >= 11 is 0. The van der Waals surface area contributed by atoms with Gasteiger partial charge in [0.1, 0.15) is 0 Å². The zero-order valence-corrected chi connectivity index (χ0v) is 13.3. The van der Waals surface area contributed by atoms with Crippen molar-refractivity contribution in [1.29, 1.82) is 0 Å². The SMILES string of the molecule is CCC[Si](CCC)(CCC(F)(F)C(F)(F)C(F)(F)F)OC. The van der Waals surface area contributed by atoms with Gasteiger partial charge in [0.25, 0.3) is 0 Å². The summed E-state index contributed by atoms with van der Waals surface area (Å²) in [6.45, 7) is 3.58. The van der Waals surface area contributed by atoms with Gasteiger partial charge in [0, 0.05) is 13.5 Å². The molecule has 0 bridgehead atoms. The maximum Gasteiger partial charge on any atom is 0.459 e. The second kappa shape index (κ2) is 7.30. The van der Waals surface area contributed by atoms with E-state index in [0.29, 0.717) is 24.9 Å². The van der Waals surface area contributed by atoms with Crippen LogP contribution in [0.15, 0.2) is 0 Å². The average Bonchev–Trinajstić information content (AvgIpc) is 2.35. The number of hydrogen-bond acceptors (Lipinski definition) is 1. The van der Waals surface area contributed by atoms with Gasteiger partial charge in [-0.15, -0.1) is 0 Å². The minimum absolute atomic E-state index is 0.413. The van der Waals surface area contributed by atoms with Crippen LogP contribution in [0.4, 0.5) is 30.7 Å². The van der Waals surface area contributed by atoms with Gasteiger partial charge in [0.15, 0.2) is 8.32 Å². The van der Waals surface area contributed by atoms with Gasteiger partial charge in [-0.25, -0.2) is 0 Å². The first-order valence-electron chi connectivity index (χ1n) is 6.76. The number of halogens is 7. The molecule has 21 heavy (non-hydrogen) atoms. The van der Waals surface area contributed by atoms with E-state index in [1.807, 2.05) is 0 Å². The summed E-state index contributed by atoms with van der Waals surface area (Å²) < 4.78 is 93.9. The number of hydrogen-bond donors (Lipinski definition) is 0. The molecule has 0 radical (unpaired) electrons. The lowest BCUT2D eigenvalue weighted by molar-refractivity contribution is -0.354. The molecule has 0 N–H and O–H groups in total. The lowest BCUT2D eigenvalue weighted by Gasteiger charge is -2.33. The van der Waals surface area contributed by atoms with Crippen molar-refractivity contribution in [2.75, 3.05) is 7.11 Å². The van der Waals surface area contributed by atoms with Crippen molar-refractivity contribution in [2.45, 2.75) is 69.3 Å². The van der Waals surface area contributed by atoms with E-state index < -0.39 is 38.8 Å². The van der Waals surface area contributed by atoms with Crippen LogP contribution in [0, 0.1) is 0 Å². The molecule has 0 aromatic rings. The van der Waals surface area contributed by atoms with Crippen molar-refractivity contribution < 1.29 is 35.2 Å². The van der Waals surface area contributed by atoms with Gasteiger partial charge < -0.3 is 4.43 Å². The Morgan fingerprint density at radius 2 is 1.24 bits per heavy atom. The smallest absolute Gasteiger partial charge is 0.420 e. The van der Waals surface area contributed by atoms with E-state index in [4.69, 9.17) is 4.43 Å². The second-order valence-corrected chi connectivity index (χ2v) is 9.44. The maximum absolute atomic E-state index is 13.3. The highest BCUT2D eigenvalue weighted by Gasteiger charge is 2.72. The summed E-state index contributed by atoms with van der Waals surface area (Å²) in [4.78, 5) is 0. The van der Waals surface area contributed by atoms with Gasteiger partial charge in [-0.05, 0) is 18.1 Å². The fraction of sp³-hybridized carbons (Fsp3) is 1.00. The highest BCUT2D eigenvalue weighted by atomic mass is 28.4. The molecule has 0 aliphatic carbocycles. The van der Waals surface area contributed by atoms with E-state index in [2.05, 4.69) is 0 Å². The van der Waals surface area contributed by atoms with Crippen LogP contribution in [-0.2, 0) is 4.43 Å². The predicted octanol–water partition coefficient (Wildman–Crippen LogP) is 5.62. The molecular weight excluding hydrogens is 321 g/mol. The largest absolute Gasteiger partial charge is 0.459 e. The van der Waals surface area contributed by atoms with Gasteiger partial charge in [-0.2, -0.15) is 30.7 Å². The van der Waals surface area contributed by atoms with Crippen molar-refractivity contribution in [3.8, 4) is 0 Å². The summed E-state index contributed by atoms with van der Waals surface area (Å²) in [6.07, 6.45) is -6.55. The van der Waals surface area contributed by atoms with Crippen LogP contribution in [0.1, 0.15) is 33.1 Å². The van der Waals surface area contributed by atoms with E-state index in [1.54, 1.807) is 13.8 Å². The van der Waals surface area contributed by atoms with Gasteiger partial charge in [-0.3, -0.25) is 0 Å². The fourth-order valence-electron chi connectivity index (χ4n) is 2.34. The van der Waals surface area contributed by atoms with E-state index in [0.717, 1.165) is 0 Å². The molecule has 0 rings (SSSR count). The minimum Gasteiger partial charge on any atom is -0.420 e. The maximum atomic E-state index is 13.3. The molecule has 128 valence electrons. The Hall–Kier alpha value is -0.313. The lowest BCUT2D eigenvalue weighted by atomic mass is 10.1. The van der Waals surface area contributed by atoms with Crippen LogP contribution in [0.2, 0.25) is 18.1 Å². The molecule has 0 saturated heterocycles. The fourth-order valence-corrected chi connectivity index (χ4v) is 6.30. The lowest BCUT2D eigenvalue weighted by Crippen LogP contribution is -2.53. The third-order valence-electron chi connectivity index (χ3n) is 3.55. The summed E-state index contributed by atoms with van der Waals surface area (Å²) in [5.74, 6) is -11.1. The Morgan fingerprint density at radius 1 is 0.810 bits per heavy atom. The van der Waals surface area contributed by atoms with Crippen molar-refractivity contribution in [1.82, 2.24) is 0 Å². The summed E-state index contributed by atoms with van der Waals surface area (Å²) in [6, 6.07) is 0.514. The summed E-state index contributed by atoms with van der Waals surface area (Å²) in [7, 11) is -1.38. The zero-order chi connectivity index (χ0) is 16.9. The Bertz CT molecular complexity index is 311. The minimum atomic E-state index is -6.26. The Kier molecular flexibility index (Phi) is 7.19. The second-order valence-electron chi connectivity index (χ2n) is 5.16. The molecule has 9 heteroatoms. The highest BCUT2D eigenvalue weighted by molar-refractivity contribution is 6.73. The predicted molar refractivity (Wildman–Crippen MR) is 68.3 cm³/mol. The third kappa shape index (κ3) is 4.84. The van der Waals surface area contributed by atoms with Crippen molar-refractivity contribution in [3.05, 3.63) is 0 Å². The van der Waals surface area contributed by atoms with Crippen LogP contribution in [0.5, 0.6) is 0 Å². The standard InChI is InChI=1S/C12H21F7OSi/c1-4-7-21(20-3,8-5-2)9-6-10(13,14)11(15,16)12(17,18)19/h4-9H2,1-3H3. The topological polar surface area (TPSA) is 9.23 Å². The molecule has 0 aliphatic rings. The molecule has 0 fully saturated rings. The summed E-state index contributed by atoms with van der Waals surface area (Å²) in [5, 5.41) is 0. The van der Waals surface area contributed by atoms with Crippen LogP contribution in [0.25, 0.3) is 0 Å². The molecule has 0 amide bonds. The monoisotopic (exact) mass is 342 g/mol. The molecule has 0 unspecified atom stereocenters. The van der Waals surface area contributed by atoms with Crippen LogP contribution >= 0.6 is 0 Å². The van der Waals surface area contributed by atoms with Gasteiger partial charge in [0.2, 0.25) is 0 Å².